The molecule has 0 heterocycles. The Kier molecular flexibility index (Phi) is 5.93. The van der Waals surface area contributed by atoms with Crippen molar-refractivity contribution in [3.8, 4) is 0 Å². The zero-order valence-corrected chi connectivity index (χ0v) is 12.5. The number of benzene rings is 1. The highest BCUT2D eigenvalue weighted by molar-refractivity contribution is 7.89. The molecule has 0 saturated heterocycles. The van der Waals surface area contributed by atoms with Crippen molar-refractivity contribution in [3.05, 3.63) is 29.8 Å². The molecule has 0 unspecified atom stereocenters. The van der Waals surface area contributed by atoms with E-state index < -0.39 is 10.0 Å². The molecular weight excluding hydrogens is 264 g/mol. The molecule has 0 radical (unpaired) electrons. The Labute approximate surface area is 115 Å². The molecule has 1 rings (SSSR count). The molecule has 108 valence electrons. The van der Waals surface area contributed by atoms with Crippen molar-refractivity contribution >= 4 is 10.0 Å². The van der Waals surface area contributed by atoms with Crippen molar-refractivity contribution in [2.24, 2.45) is 5.73 Å². The van der Waals surface area contributed by atoms with Gasteiger partial charge in [-0.3, -0.25) is 0 Å². The lowest BCUT2D eigenvalue weighted by molar-refractivity contribution is 0.171. The van der Waals surface area contributed by atoms with Crippen molar-refractivity contribution in [1.82, 2.24) is 4.31 Å². The van der Waals surface area contributed by atoms with Crippen LogP contribution >= 0.6 is 0 Å². The molecule has 0 aliphatic rings. The smallest absolute Gasteiger partial charge is 0.243 e. The van der Waals surface area contributed by atoms with Gasteiger partial charge in [0, 0.05) is 26.2 Å². The van der Waals surface area contributed by atoms with Crippen LogP contribution in [0.1, 0.15) is 19.4 Å². The summed E-state index contributed by atoms with van der Waals surface area (Å²) < 4.78 is 31.4. The summed E-state index contributed by atoms with van der Waals surface area (Å²) in [6, 6.07) is 6.55. The number of hydrogen-bond donors (Lipinski definition) is 1. The summed E-state index contributed by atoms with van der Waals surface area (Å²) in [7, 11) is -1.93. The highest BCUT2D eigenvalue weighted by Crippen LogP contribution is 2.18. The molecule has 0 spiro atoms. The predicted octanol–water partition coefficient (Wildman–Crippen LogP) is 1.19. The fourth-order valence-electron chi connectivity index (χ4n) is 1.77. The molecule has 0 atom stereocenters. The molecule has 0 aromatic heterocycles. The minimum Gasteiger partial charge on any atom is -0.383 e. The van der Waals surface area contributed by atoms with Crippen LogP contribution in [0, 0.1) is 0 Å². The maximum absolute atomic E-state index is 12.5. The minimum absolute atomic E-state index is 0.116. The number of hydrogen-bond acceptors (Lipinski definition) is 4. The number of methoxy groups -OCH3 is 1. The van der Waals surface area contributed by atoms with E-state index in [1.54, 1.807) is 31.4 Å². The molecule has 19 heavy (non-hydrogen) atoms. The summed E-state index contributed by atoms with van der Waals surface area (Å²) >= 11 is 0. The van der Waals surface area contributed by atoms with Gasteiger partial charge in [-0.05, 0) is 31.5 Å². The first kappa shape index (κ1) is 16.1. The van der Waals surface area contributed by atoms with Gasteiger partial charge in [-0.15, -0.1) is 0 Å². The van der Waals surface area contributed by atoms with Crippen LogP contribution in [-0.4, -0.2) is 39.0 Å². The molecular formula is C13H22N2O3S. The average Bonchev–Trinajstić information content (AvgIpc) is 2.38. The fourth-order valence-corrected chi connectivity index (χ4v) is 3.39. The number of nitrogens with two attached hydrogens (primary N) is 1. The highest BCUT2D eigenvalue weighted by atomic mass is 32.2. The van der Waals surface area contributed by atoms with E-state index in [-0.39, 0.29) is 10.9 Å². The molecule has 6 heteroatoms. The van der Waals surface area contributed by atoms with Gasteiger partial charge in [-0.25, -0.2) is 8.42 Å². The van der Waals surface area contributed by atoms with E-state index in [9.17, 15) is 8.42 Å². The maximum atomic E-state index is 12.5. The van der Waals surface area contributed by atoms with Crippen LogP contribution in [0.4, 0.5) is 0 Å². The minimum atomic E-state index is -3.49. The molecule has 5 nitrogen and oxygen atoms in total. The van der Waals surface area contributed by atoms with Gasteiger partial charge in [0.05, 0.1) is 11.5 Å². The van der Waals surface area contributed by atoms with Crippen LogP contribution < -0.4 is 5.73 Å². The van der Waals surface area contributed by atoms with Gasteiger partial charge in [0.25, 0.3) is 0 Å². The lowest BCUT2D eigenvalue weighted by atomic mass is 10.2. The Hall–Kier alpha value is -0.950. The van der Waals surface area contributed by atoms with E-state index in [1.165, 1.54) is 4.31 Å². The number of ether oxygens (including phenoxy) is 1. The SMILES string of the molecule is COCCN(C(C)C)S(=O)(=O)c1ccc(CN)cc1. The second-order valence-electron chi connectivity index (χ2n) is 4.55. The molecule has 1 aromatic carbocycles. The lowest BCUT2D eigenvalue weighted by Crippen LogP contribution is -2.39. The fraction of sp³-hybridized carbons (Fsp3) is 0.538. The Morgan fingerprint density at radius 1 is 1.26 bits per heavy atom. The van der Waals surface area contributed by atoms with Crippen LogP contribution in [0.25, 0.3) is 0 Å². The normalized spacial score (nSPS) is 12.3. The summed E-state index contributed by atoms with van der Waals surface area (Å²) in [5, 5.41) is 0. The van der Waals surface area contributed by atoms with Crippen molar-refractivity contribution in [1.29, 1.82) is 0 Å². The summed E-state index contributed by atoms with van der Waals surface area (Å²) in [6.45, 7) is 4.81. The van der Waals surface area contributed by atoms with E-state index in [0.717, 1.165) is 5.56 Å². The molecule has 0 amide bonds. The Balaban J connectivity index is 3.04. The molecule has 0 fully saturated rings. The summed E-state index contributed by atoms with van der Waals surface area (Å²) in [4.78, 5) is 0.287. The number of nitrogens with zero attached hydrogens (tertiary/aromatic N) is 1. The van der Waals surface area contributed by atoms with Crippen molar-refractivity contribution in [3.63, 3.8) is 0 Å². The molecule has 0 saturated carbocycles. The van der Waals surface area contributed by atoms with E-state index in [4.69, 9.17) is 10.5 Å². The van der Waals surface area contributed by atoms with E-state index in [1.807, 2.05) is 13.8 Å². The number of sulfonamides is 1. The first-order chi connectivity index (χ1) is 8.93. The quantitative estimate of drug-likeness (QED) is 0.817. The standard InChI is InChI=1S/C13H22N2O3S/c1-11(2)15(8-9-18-3)19(16,17)13-6-4-12(10-14)5-7-13/h4-7,11H,8-10,14H2,1-3H3. The third kappa shape index (κ3) is 4.01. The van der Waals surface area contributed by atoms with Crippen LogP contribution in [-0.2, 0) is 21.3 Å². The van der Waals surface area contributed by atoms with Gasteiger partial charge >= 0.3 is 0 Å². The largest absolute Gasteiger partial charge is 0.383 e. The molecule has 1 aromatic rings. The number of rotatable bonds is 7. The van der Waals surface area contributed by atoms with Crippen LogP contribution in [0.3, 0.4) is 0 Å². The first-order valence-corrected chi connectivity index (χ1v) is 7.67. The molecule has 2 N–H and O–H groups in total. The molecule has 0 aliphatic heterocycles. The monoisotopic (exact) mass is 286 g/mol. The topological polar surface area (TPSA) is 72.6 Å². The van der Waals surface area contributed by atoms with Crippen molar-refractivity contribution in [2.45, 2.75) is 31.3 Å². The van der Waals surface area contributed by atoms with Gasteiger partial charge in [-0.2, -0.15) is 4.31 Å². The van der Waals surface area contributed by atoms with Crippen LogP contribution in [0.5, 0.6) is 0 Å². The van der Waals surface area contributed by atoms with Gasteiger partial charge in [0.1, 0.15) is 0 Å². The zero-order chi connectivity index (χ0) is 14.5. The van der Waals surface area contributed by atoms with Crippen LogP contribution in [0.2, 0.25) is 0 Å². The van der Waals surface area contributed by atoms with E-state index in [2.05, 4.69) is 0 Å². The van der Waals surface area contributed by atoms with Gasteiger partial charge < -0.3 is 10.5 Å². The lowest BCUT2D eigenvalue weighted by Gasteiger charge is -2.25. The van der Waals surface area contributed by atoms with Crippen LogP contribution in [0.15, 0.2) is 29.2 Å². The Bertz CT molecular complexity index is 483. The maximum Gasteiger partial charge on any atom is 0.243 e. The third-order valence-electron chi connectivity index (χ3n) is 2.86. The first-order valence-electron chi connectivity index (χ1n) is 6.23. The van der Waals surface area contributed by atoms with Gasteiger partial charge in [0.15, 0.2) is 0 Å². The Morgan fingerprint density at radius 3 is 2.26 bits per heavy atom. The second kappa shape index (κ2) is 7.00. The average molecular weight is 286 g/mol. The second-order valence-corrected chi connectivity index (χ2v) is 6.44. The van der Waals surface area contributed by atoms with Gasteiger partial charge in [-0.1, -0.05) is 12.1 Å². The summed E-state index contributed by atoms with van der Waals surface area (Å²) in [5.41, 5.74) is 6.42. The van der Waals surface area contributed by atoms with Crippen molar-refractivity contribution in [2.75, 3.05) is 20.3 Å². The summed E-state index contributed by atoms with van der Waals surface area (Å²) in [6.07, 6.45) is 0. The zero-order valence-electron chi connectivity index (χ0n) is 11.7. The van der Waals surface area contributed by atoms with Crippen molar-refractivity contribution < 1.29 is 13.2 Å². The Morgan fingerprint density at radius 2 is 1.84 bits per heavy atom. The van der Waals surface area contributed by atoms with E-state index in [0.29, 0.717) is 19.7 Å². The molecule has 0 aliphatic carbocycles. The van der Waals surface area contributed by atoms with E-state index >= 15 is 0 Å². The predicted molar refractivity (Wildman–Crippen MR) is 75.2 cm³/mol. The molecule has 0 bridgehead atoms. The summed E-state index contributed by atoms with van der Waals surface area (Å²) in [5.74, 6) is 0. The third-order valence-corrected chi connectivity index (χ3v) is 4.95. The highest BCUT2D eigenvalue weighted by Gasteiger charge is 2.26. The van der Waals surface area contributed by atoms with Gasteiger partial charge in [0.2, 0.25) is 10.0 Å².